The van der Waals surface area contributed by atoms with Gasteiger partial charge in [-0.15, -0.1) is 0 Å². The monoisotopic (exact) mass is 391 g/mol. The maximum atomic E-state index is 8.57. The van der Waals surface area contributed by atoms with Gasteiger partial charge in [-0.1, -0.05) is 0 Å². The Morgan fingerprint density at radius 3 is 1.50 bits per heavy atom. The van der Waals surface area contributed by atoms with Gasteiger partial charge in [0.05, 0.1) is 14.6 Å². The molecule has 0 aromatic heterocycles. The van der Waals surface area contributed by atoms with Crippen molar-refractivity contribution in [1.29, 1.82) is 0 Å². The van der Waals surface area contributed by atoms with E-state index in [1.807, 2.05) is 0 Å². The van der Waals surface area contributed by atoms with Crippen molar-refractivity contribution in [1.82, 2.24) is 0 Å². The molecule has 4 N–H and O–H groups in total. The molecule has 1 aromatic rings. The van der Waals surface area contributed by atoms with E-state index in [2.05, 4.69) is 57.6 Å². The number of nitrogens with two attached hydrogens (primary N) is 1. The number of rotatable bonds is 2. The van der Waals surface area contributed by atoms with Crippen molar-refractivity contribution in [2.45, 2.75) is 0 Å². The summed E-state index contributed by atoms with van der Waals surface area (Å²) in [6.45, 7) is 0. The highest BCUT2D eigenvalue weighted by Gasteiger charge is 2.21. The molecule has 78 valence electrons. The Balaban J connectivity index is 3.56. The summed E-state index contributed by atoms with van der Waals surface area (Å²) in [6, 6.07) is 0. The largest absolute Gasteiger partial charge is 0.397 e. The summed E-state index contributed by atoms with van der Waals surface area (Å²) >= 11 is 9.25. The molecule has 0 radical (unpaired) electrons. The second-order valence-corrected chi connectivity index (χ2v) is 4.58. The molecule has 0 heterocycles. The Labute approximate surface area is 104 Å². The highest BCUT2D eigenvalue weighted by atomic mass is 79.9. The number of halogens is 3. The predicted molar refractivity (Wildman–Crippen MR) is 60.5 cm³/mol. The van der Waals surface area contributed by atoms with Gasteiger partial charge in [0, 0.05) is 0 Å². The first-order valence-electron chi connectivity index (χ1n) is 3.13. The lowest BCUT2D eigenvalue weighted by Gasteiger charge is -2.11. The molecule has 0 bridgehead atoms. The lowest BCUT2D eigenvalue weighted by Crippen LogP contribution is -1.98. The molecule has 5 nitrogen and oxygen atoms in total. The normalized spacial score (nSPS) is 10.1. The van der Waals surface area contributed by atoms with E-state index in [0.29, 0.717) is 8.95 Å². The Hall–Kier alpha value is -0.0200. The summed E-state index contributed by atoms with van der Waals surface area (Å²) in [6.07, 6.45) is 0. The maximum Gasteiger partial charge on any atom is 0.199 e. The molecule has 8 heteroatoms. The molecule has 0 atom stereocenters. The van der Waals surface area contributed by atoms with E-state index < -0.39 is 0 Å². The zero-order valence-electron chi connectivity index (χ0n) is 6.42. The fourth-order valence-electron chi connectivity index (χ4n) is 0.797. The van der Waals surface area contributed by atoms with Gasteiger partial charge in [0.2, 0.25) is 0 Å². The molecule has 0 unspecified atom stereocenters. The van der Waals surface area contributed by atoms with Gasteiger partial charge >= 0.3 is 0 Å². The minimum absolute atomic E-state index is 0.00903. The minimum Gasteiger partial charge on any atom is -0.397 e. The standard InChI is InChI=1S/C6H4Br3NO4/c7-1-4(10)2(8)6(14-12)3(9)5(1)13-11/h11-12H,10H2. The fourth-order valence-corrected chi connectivity index (χ4v) is 3.07. The molecule has 1 rings (SSSR count). The first-order valence-corrected chi connectivity index (χ1v) is 5.51. The van der Waals surface area contributed by atoms with E-state index in [9.17, 15) is 0 Å². The van der Waals surface area contributed by atoms with E-state index in [1.54, 1.807) is 0 Å². The Bertz CT molecular complexity index is 340. The SMILES string of the molecule is Nc1c(Br)c(OO)c(Br)c(OO)c1Br. The topological polar surface area (TPSA) is 84.9 Å². The van der Waals surface area contributed by atoms with Gasteiger partial charge in [0.15, 0.2) is 11.5 Å². The van der Waals surface area contributed by atoms with Crippen LogP contribution in [0.2, 0.25) is 0 Å². The molecule has 0 aliphatic heterocycles. The Kier molecular flexibility index (Phi) is 4.02. The van der Waals surface area contributed by atoms with E-state index >= 15 is 0 Å². The van der Waals surface area contributed by atoms with Crippen LogP contribution >= 0.6 is 47.8 Å². The van der Waals surface area contributed by atoms with Crippen molar-refractivity contribution in [2.24, 2.45) is 0 Å². The smallest absolute Gasteiger partial charge is 0.199 e. The zero-order valence-corrected chi connectivity index (χ0v) is 11.2. The van der Waals surface area contributed by atoms with Crippen LogP contribution in [0.3, 0.4) is 0 Å². The molecule has 0 saturated heterocycles. The van der Waals surface area contributed by atoms with Gasteiger partial charge in [-0.05, 0) is 47.8 Å². The van der Waals surface area contributed by atoms with E-state index in [1.165, 1.54) is 0 Å². The average molecular weight is 394 g/mol. The first kappa shape index (κ1) is 12.1. The van der Waals surface area contributed by atoms with Crippen LogP contribution in [-0.2, 0) is 0 Å². The van der Waals surface area contributed by atoms with Gasteiger partial charge in [-0.3, -0.25) is 0 Å². The fraction of sp³-hybridized carbons (Fsp3) is 0. The molecule has 1 aromatic carbocycles. The van der Waals surface area contributed by atoms with Crippen LogP contribution in [-0.4, -0.2) is 10.5 Å². The van der Waals surface area contributed by atoms with Crippen LogP contribution in [0.5, 0.6) is 11.5 Å². The third-order valence-corrected chi connectivity index (χ3v) is 3.75. The third-order valence-electron chi connectivity index (χ3n) is 1.45. The lowest BCUT2D eigenvalue weighted by molar-refractivity contribution is -0.146. The number of hydrogen-bond donors (Lipinski definition) is 3. The second kappa shape index (κ2) is 4.67. The maximum absolute atomic E-state index is 8.57. The van der Waals surface area contributed by atoms with Gasteiger partial charge in [0.25, 0.3) is 0 Å². The molecule has 0 aliphatic rings. The van der Waals surface area contributed by atoms with Crippen LogP contribution in [0.15, 0.2) is 13.4 Å². The van der Waals surface area contributed by atoms with Gasteiger partial charge in [-0.2, -0.15) is 0 Å². The zero-order chi connectivity index (χ0) is 10.9. The summed E-state index contributed by atoms with van der Waals surface area (Å²) in [5.74, 6) is 0.0181. The summed E-state index contributed by atoms with van der Waals surface area (Å²) < 4.78 is 0.884. The summed E-state index contributed by atoms with van der Waals surface area (Å²) in [5.41, 5.74) is 5.83. The first-order chi connectivity index (χ1) is 6.54. The predicted octanol–water partition coefficient (Wildman–Crippen LogP) is 3.26. The molecule has 0 fully saturated rings. The van der Waals surface area contributed by atoms with E-state index in [0.717, 1.165) is 0 Å². The molecular formula is C6H4Br3NO4. The van der Waals surface area contributed by atoms with Crippen LogP contribution in [0.25, 0.3) is 0 Å². The van der Waals surface area contributed by atoms with E-state index in [-0.39, 0.29) is 21.7 Å². The highest BCUT2D eigenvalue weighted by molar-refractivity contribution is 9.12. The quantitative estimate of drug-likeness (QED) is 0.408. The van der Waals surface area contributed by atoms with Crippen molar-refractivity contribution in [2.75, 3.05) is 5.73 Å². The summed E-state index contributed by atoms with van der Waals surface area (Å²) in [4.78, 5) is 8.14. The van der Waals surface area contributed by atoms with Crippen molar-refractivity contribution in [3.63, 3.8) is 0 Å². The van der Waals surface area contributed by atoms with Crippen LogP contribution in [0.1, 0.15) is 0 Å². The van der Waals surface area contributed by atoms with E-state index in [4.69, 9.17) is 16.2 Å². The summed E-state index contributed by atoms with van der Waals surface area (Å²) in [7, 11) is 0. The second-order valence-electron chi connectivity index (χ2n) is 2.20. The molecule has 0 amide bonds. The van der Waals surface area contributed by atoms with Crippen molar-refractivity contribution < 1.29 is 20.3 Å². The molecule has 0 aliphatic carbocycles. The van der Waals surface area contributed by atoms with Gasteiger partial charge in [0.1, 0.15) is 4.47 Å². The molecule has 0 spiro atoms. The molecule has 0 saturated carbocycles. The van der Waals surface area contributed by atoms with Crippen LogP contribution < -0.4 is 15.5 Å². The number of benzene rings is 1. The lowest BCUT2D eigenvalue weighted by atomic mass is 10.3. The van der Waals surface area contributed by atoms with Crippen LogP contribution in [0, 0.1) is 0 Å². The van der Waals surface area contributed by atoms with Crippen molar-refractivity contribution in [3.05, 3.63) is 13.4 Å². The van der Waals surface area contributed by atoms with Gasteiger partial charge < -0.3 is 15.5 Å². The number of nitrogen functional groups attached to an aromatic ring is 1. The van der Waals surface area contributed by atoms with Crippen LogP contribution in [0.4, 0.5) is 5.69 Å². The Morgan fingerprint density at radius 1 is 0.857 bits per heavy atom. The third kappa shape index (κ3) is 1.84. The average Bonchev–Trinajstić information content (AvgIpc) is 2.16. The van der Waals surface area contributed by atoms with Crippen molar-refractivity contribution in [3.8, 4) is 11.5 Å². The number of hydrogen-bond acceptors (Lipinski definition) is 5. The summed E-state index contributed by atoms with van der Waals surface area (Å²) in [5, 5.41) is 17.1. The molecular weight excluding hydrogens is 390 g/mol. The van der Waals surface area contributed by atoms with Gasteiger partial charge in [-0.25, -0.2) is 10.5 Å². The van der Waals surface area contributed by atoms with Crippen molar-refractivity contribution >= 4 is 53.5 Å². The highest BCUT2D eigenvalue weighted by Crippen LogP contribution is 2.49. The number of anilines is 1. The minimum atomic E-state index is 0.00903. The Morgan fingerprint density at radius 2 is 1.21 bits per heavy atom. The molecule has 14 heavy (non-hydrogen) atoms.